The van der Waals surface area contributed by atoms with Crippen molar-refractivity contribution >= 4 is 36.4 Å². The number of rotatable bonds is 5. The van der Waals surface area contributed by atoms with Gasteiger partial charge in [-0.25, -0.2) is 4.98 Å². The van der Waals surface area contributed by atoms with Crippen molar-refractivity contribution in [3.63, 3.8) is 0 Å². The number of benzene rings is 1. The molecule has 2 aromatic rings. The zero-order valence-electron chi connectivity index (χ0n) is 15.1. The predicted octanol–water partition coefficient (Wildman–Crippen LogP) is 3.72. The van der Waals surface area contributed by atoms with E-state index in [2.05, 4.69) is 10.3 Å². The summed E-state index contributed by atoms with van der Waals surface area (Å²) in [7, 11) is 0. The molecule has 0 unspecified atom stereocenters. The van der Waals surface area contributed by atoms with Gasteiger partial charge in [0.2, 0.25) is 11.8 Å². The van der Waals surface area contributed by atoms with E-state index in [4.69, 9.17) is 15.2 Å². The van der Waals surface area contributed by atoms with E-state index in [-0.39, 0.29) is 30.7 Å². The number of pyridine rings is 1. The number of amides is 1. The Kier molecular flexibility index (Phi) is 8.99. The van der Waals surface area contributed by atoms with E-state index in [0.29, 0.717) is 44.2 Å². The molecule has 3 N–H and O–H groups in total. The Hall–Kier alpha value is -1.86. The molecule has 0 aliphatic carbocycles. The van der Waals surface area contributed by atoms with Crippen LogP contribution in [0.15, 0.2) is 42.6 Å². The molecule has 1 saturated heterocycles. The highest BCUT2D eigenvalue weighted by Gasteiger charge is 2.38. The minimum Gasteiger partial charge on any atom is -0.439 e. The largest absolute Gasteiger partial charge is 0.439 e. The fourth-order valence-corrected chi connectivity index (χ4v) is 2.79. The first kappa shape index (κ1) is 23.2. The Morgan fingerprint density at radius 2 is 1.85 bits per heavy atom. The Balaban J connectivity index is 0.00000182. The van der Waals surface area contributed by atoms with E-state index in [1.54, 1.807) is 18.3 Å². The van der Waals surface area contributed by atoms with E-state index in [0.717, 1.165) is 5.75 Å². The number of aryl methyl sites for hydroxylation is 1. The summed E-state index contributed by atoms with van der Waals surface area (Å²) in [5, 5.41) is 2.91. The third kappa shape index (κ3) is 5.81. The Morgan fingerprint density at radius 3 is 2.41 bits per heavy atom. The average molecular weight is 414 g/mol. The van der Waals surface area contributed by atoms with Crippen molar-refractivity contribution in [2.24, 2.45) is 11.1 Å². The minimum atomic E-state index is -0.560. The first-order valence-corrected chi connectivity index (χ1v) is 8.41. The van der Waals surface area contributed by atoms with E-state index < -0.39 is 5.41 Å². The van der Waals surface area contributed by atoms with Crippen molar-refractivity contribution in [3.05, 3.63) is 48.2 Å². The van der Waals surface area contributed by atoms with E-state index in [1.165, 1.54) is 5.56 Å². The van der Waals surface area contributed by atoms with Crippen LogP contribution in [0.2, 0.25) is 0 Å². The number of carbonyl (C=O) groups excluding carboxylic acids is 1. The van der Waals surface area contributed by atoms with Gasteiger partial charge >= 0.3 is 0 Å². The van der Waals surface area contributed by atoms with Gasteiger partial charge in [-0.05, 0) is 38.0 Å². The topological polar surface area (TPSA) is 86.5 Å². The molecule has 0 spiro atoms. The fourth-order valence-electron chi connectivity index (χ4n) is 2.79. The van der Waals surface area contributed by atoms with Crippen molar-refractivity contribution in [1.29, 1.82) is 0 Å². The summed E-state index contributed by atoms with van der Waals surface area (Å²) in [6.45, 7) is 3.45. The zero-order valence-corrected chi connectivity index (χ0v) is 16.8. The lowest BCUT2D eigenvalue weighted by molar-refractivity contribution is -0.130. The second kappa shape index (κ2) is 10.5. The highest BCUT2D eigenvalue weighted by Crippen LogP contribution is 2.31. The van der Waals surface area contributed by atoms with Crippen LogP contribution in [0.3, 0.4) is 0 Å². The van der Waals surface area contributed by atoms with Crippen molar-refractivity contribution < 1.29 is 14.3 Å². The van der Waals surface area contributed by atoms with E-state index >= 15 is 0 Å². The predicted molar refractivity (Wildman–Crippen MR) is 110 cm³/mol. The van der Waals surface area contributed by atoms with Gasteiger partial charge in [0.1, 0.15) is 5.75 Å². The highest BCUT2D eigenvalue weighted by atomic mass is 35.5. The molecule has 1 amide bonds. The molecule has 8 heteroatoms. The number of aromatic nitrogens is 1. The molecule has 27 heavy (non-hydrogen) atoms. The SMILES string of the molecule is Cc1ccc(Oc2ccc(NC(=O)C3(CN)CCOCC3)cn2)cc1.Cl.Cl. The first-order valence-electron chi connectivity index (χ1n) is 8.41. The van der Waals surface area contributed by atoms with Crippen LogP contribution >= 0.6 is 24.8 Å². The molecular weight excluding hydrogens is 389 g/mol. The van der Waals surface area contributed by atoms with Gasteiger partial charge in [-0.3, -0.25) is 4.79 Å². The van der Waals surface area contributed by atoms with Gasteiger partial charge in [-0.1, -0.05) is 17.7 Å². The highest BCUT2D eigenvalue weighted by molar-refractivity contribution is 5.95. The molecule has 1 aromatic heterocycles. The smallest absolute Gasteiger partial charge is 0.232 e. The van der Waals surface area contributed by atoms with Gasteiger partial charge in [0.05, 0.1) is 17.3 Å². The third-order valence-electron chi connectivity index (χ3n) is 4.56. The average Bonchev–Trinajstić information content (AvgIpc) is 2.65. The summed E-state index contributed by atoms with van der Waals surface area (Å²) in [5.41, 5.74) is 7.09. The molecule has 0 atom stereocenters. The van der Waals surface area contributed by atoms with Gasteiger partial charge in [0.25, 0.3) is 0 Å². The normalized spacial score (nSPS) is 15.0. The van der Waals surface area contributed by atoms with Crippen molar-refractivity contribution in [1.82, 2.24) is 4.98 Å². The van der Waals surface area contributed by atoms with Crippen LogP contribution < -0.4 is 15.8 Å². The number of carbonyl (C=O) groups is 1. The summed E-state index contributed by atoms with van der Waals surface area (Å²) < 4.78 is 11.0. The number of nitrogens with zero attached hydrogens (tertiary/aromatic N) is 1. The van der Waals surface area contributed by atoms with Crippen LogP contribution in [0.25, 0.3) is 0 Å². The van der Waals surface area contributed by atoms with Crippen molar-refractivity contribution in [2.45, 2.75) is 19.8 Å². The molecule has 1 aliphatic rings. The molecule has 0 bridgehead atoms. The van der Waals surface area contributed by atoms with Gasteiger partial charge in [0.15, 0.2) is 0 Å². The standard InChI is InChI=1S/C19H23N3O3.2ClH/c1-14-2-5-16(6-3-14)25-17-7-4-15(12-21-17)22-18(23)19(13-20)8-10-24-11-9-19;;/h2-7,12H,8-11,13,20H2,1H3,(H,22,23);2*1H. The molecule has 3 rings (SSSR count). The Morgan fingerprint density at radius 1 is 1.19 bits per heavy atom. The van der Waals surface area contributed by atoms with Crippen LogP contribution in [-0.4, -0.2) is 30.6 Å². The first-order chi connectivity index (χ1) is 12.1. The maximum absolute atomic E-state index is 12.6. The number of nitrogens with one attached hydrogen (secondary N) is 1. The van der Waals surface area contributed by atoms with Gasteiger partial charge in [0, 0.05) is 25.8 Å². The van der Waals surface area contributed by atoms with Crippen molar-refractivity contribution in [3.8, 4) is 11.6 Å². The molecule has 0 saturated carbocycles. The zero-order chi connectivity index (χ0) is 17.7. The second-order valence-corrected chi connectivity index (χ2v) is 6.35. The van der Waals surface area contributed by atoms with E-state index in [9.17, 15) is 4.79 Å². The molecule has 1 aromatic carbocycles. The minimum absolute atomic E-state index is 0. The molecule has 6 nitrogen and oxygen atoms in total. The summed E-state index contributed by atoms with van der Waals surface area (Å²) in [6.07, 6.45) is 2.86. The van der Waals surface area contributed by atoms with Crippen LogP contribution in [0.1, 0.15) is 18.4 Å². The number of nitrogens with two attached hydrogens (primary N) is 1. The quantitative estimate of drug-likeness (QED) is 0.779. The second-order valence-electron chi connectivity index (χ2n) is 6.35. The van der Waals surface area contributed by atoms with Crippen molar-refractivity contribution in [2.75, 3.05) is 25.1 Å². The molecule has 0 radical (unpaired) electrons. The lowest BCUT2D eigenvalue weighted by Crippen LogP contribution is -2.46. The number of halogens is 2. The van der Waals surface area contributed by atoms with Crippen LogP contribution in [0, 0.1) is 12.3 Å². The van der Waals surface area contributed by atoms with Gasteiger partial charge < -0.3 is 20.5 Å². The van der Waals surface area contributed by atoms with Crippen LogP contribution in [0.5, 0.6) is 11.6 Å². The fraction of sp³-hybridized carbons (Fsp3) is 0.368. The lowest BCUT2D eigenvalue weighted by atomic mass is 9.79. The lowest BCUT2D eigenvalue weighted by Gasteiger charge is -2.34. The Bertz CT molecular complexity index is 718. The number of anilines is 1. The van der Waals surface area contributed by atoms with E-state index in [1.807, 2.05) is 31.2 Å². The molecule has 1 aliphatic heterocycles. The summed E-state index contributed by atoms with van der Waals surface area (Å²) >= 11 is 0. The Labute approximate surface area is 171 Å². The summed E-state index contributed by atoms with van der Waals surface area (Å²) in [4.78, 5) is 16.9. The molecule has 2 heterocycles. The van der Waals surface area contributed by atoms with Gasteiger partial charge in [-0.2, -0.15) is 0 Å². The number of hydrogen-bond donors (Lipinski definition) is 2. The van der Waals surface area contributed by atoms with Crippen LogP contribution in [-0.2, 0) is 9.53 Å². The third-order valence-corrected chi connectivity index (χ3v) is 4.56. The molecule has 1 fully saturated rings. The van der Waals surface area contributed by atoms with Crippen LogP contribution in [0.4, 0.5) is 5.69 Å². The molecular formula is C19H25Cl2N3O3. The maximum Gasteiger partial charge on any atom is 0.232 e. The molecule has 148 valence electrons. The summed E-state index contributed by atoms with van der Waals surface area (Å²) in [5.74, 6) is 1.12. The maximum atomic E-state index is 12.6. The number of ether oxygens (including phenoxy) is 2. The monoisotopic (exact) mass is 413 g/mol. The summed E-state index contributed by atoms with van der Waals surface area (Å²) in [6, 6.07) is 11.2. The number of hydrogen-bond acceptors (Lipinski definition) is 5. The van der Waals surface area contributed by atoms with Gasteiger partial charge in [-0.15, -0.1) is 24.8 Å².